The molecule has 2 N–H and O–H groups in total. The maximum absolute atomic E-state index is 9.42. The summed E-state index contributed by atoms with van der Waals surface area (Å²) in [5.41, 5.74) is 1.72. The molecule has 1 heterocycles. The Hall–Kier alpha value is -1.06. The molecule has 3 heteroatoms. The molecule has 116 valence electrons. The molecule has 1 aliphatic heterocycles. The van der Waals surface area contributed by atoms with Gasteiger partial charge in [-0.25, -0.2) is 0 Å². The third-order valence-electron chi connectivity index (χ3n) is 5.38. The van der Waals surface area contributed by atoms with Crippen molar-refractivity contribution in [3.05, 3.63) is 29.8 Å². The molecular weight excluding hydrogens is 260 g/mol. The molecule has 0 radical (unpaired) electrons. The van der Waals surface area contributed by atoms with Crippen LogP contribution in [0.3, 0.4) is 0 Å². The summed E-state index contributed by atoms with van der Waals surface area (Å²) in [6, 6.07) is 8.28. The van der Waals surface area contributed by atoms with Gasteiger partial charge in [0, 0.05) is 31.2 Å². The third-order valence-corrected chi connectivity index (χ3v) is 5.38. The van der Waals surface area contributed by atoms with E-state index in [1.54, 1.807) is 12.1 Å². The minimum Gasteiger partial charge on any atom is -0.508 e. The van der Waals surface area contributed by atoms with E-state index >= 15 is 0 Å². The van der Waals surface area contributed by atoms with Crippen molar-refractivity contribution in [2.45, 2.75) is 57.0 Å². The number of phenols is 1. The Kier molecular flexibility index (Phi) is 4.51. The van der Waals surface area contributed by atoms with Gasteiger partial charge < -0.3 is 10.4 Å². The van der Waals surface area contributed by atoms with Crippen LogP contribution in [-0.4, -0.2) is 41.2 Å². The molecule has 1 saturated heterocycles. The van der Waals surface area contributed by atoms with Gasteiger partial charge in [-0.05, 0) is 43.9 Å². The van der Waals surface area contributed by atoms with Crippen molar-refractivity contribution < 1.29 is 5.11 Å². The molecule has 0 bridgehead atoms. The van der Waals surface area contributed by atoms with Gasteiger partial charge in [0.1, 0.15) is 5.75 Å². The third kappa shape index (κ3) is 3.24. The van der Waals surface area contributed by atoms with Gasteiger partial charge in [0.05, 0.1) is 0 Å². The Balaban J connectivity index is 1.71. The Labute approximate surface area is 128 Å². The van der Waals surface area contributed by atoms with Crippen LogP contribution in [0.1, 0.15) is 44.6 Å². The predicted molar refractivity (Wildman–Crippen MR) is 86.7 cm³/mol. The van der Waals surface area contributed by atoms with Crippen LogP contribution in [0.4, 0.5) is 0 Å². The highest BCUT2D eigenvalue weighted by atomic mass is 16.3. The van der Waals surface area contributed by atoms with Crippen LogP contribution < -0.4 is 5.32 Å². The Morgan fingerprint density at radius 1 is 1.19 bits per heavy atom. The molecule has 3 nitrogen and oxygen atoms in total. The van der Waals surface area contributed by atoms with Crippen LogP contribution in [-0.2, 0) is 6.42 Å². The lowest BCUT2D eigenvalue weighted by molar-refractivity contribution is -0.00172. The minimum absolute atomic E-state index is 0.359. The highest BCUT2D eigenvalue weighted by molar-refractivity contribution is 5.26. The van der Waals surface area contributed by atoms with Gasteiger partial charge >= 0.3 is 0 Å². The van der Waals surface area contributed by atoms with Gasteiger partial charge in [-0.2, -0.15) is 0 Å². The number of aromatic hydroxyl groups is 1. The van der Waals surface area contributed by atoms with Crippen molar-refractivity contribution in [3.63, 3.8) is 0 Å². The van der Waals surface area contributed by atoms with Crippen LogP contribution in [0.15, 0.2) is 24.3 Å². The molecular formula is C18H28N2O. The second-order valence-corrected chi connectivity index (χ2v) is 6.87. The normalized spacial score (nSPS) is 24.0. The first-order valence-corrected chi connectivity index (χ1v) is 8.45. The summed E-state index contributed by atoms with van der Waals surface area (Å²) in [7, 11) is 0. The molecule has 0 amide bonds. The summed E-state index contributed by atoms with van der Waals surface area (Å²) in [4.78, 5) is 2.77. The molecule has 1 aliphatic carbocycles. The fourth-order valence-electron chi connectivity index (χ4n) is 4.30. The zero-order valence-corrected chi connectivity index (χ0v) is 13.1. The molecule has 1 aromatic carbocycles. The SMILES string of the molecule is CC(Cc1ccc(O)cc1)N1CCNCC12CCCCC2. The molecule has 2 aliphatic rings. The van der Waals surface area contributed by atoms with Gasteiger partial charge in [-0.3, -0.25) is 4.90 Å². The summed E-state index contributed by atoms with van der Waals surface area (Å²) >= 11 is 0. The van der Waals surface area contributed by atoms with Crippen molar-refractivity contribution in [1.82, 2.24) is 10.2 Å². The summed E-state index contributed by atoms with van der Waals surface area (Å²) in [6.45, 7) is 5.81. The summed E-state index contributed by atoms with van der Waals surface area (Å²) in [5.74, 6) is 0.359. The van der Waals surface area contributed by atoms with E-state index < -0.39 is 0 Å². The lowest BCUT2D eigenvalue weighted by Crippen LogP contribution is -2.64. The fourth-order valence-corrected chi connectivity index (χ4v) is 4.30. The van der Waals surface area contributed by atoms with Gasteiger partial charge in [-0.1, -0.05) is 31.4 Å². The minimum atomic E-state index is 0.359. The van der Waals surface area contributed by atoms with Crippen molar-refractivity contribution in [2.75, 3.05) is 19.6 Å². The predicted octanol–water partition coefficient (Wildman–Crippen LogP) is 2.93. The van der Waals surface area contributed by atoms with E-state index in [2.05, 4.69) is 29.3 Å². The van der Waals surface area contributed by atoms with Crippen LogP contribution in [0.2, 0.25) is 0 Å². The summed E-state index contributed by atoms with van der Waals surface area (Å²) in [6.07, 6.45) is 7.93. The molecule has 1 atom stereocenters. The topological polar surface area (TPSA) is 35.5 Å². The average Bonchev–Trinajstić information content (AvgIpc) is 2.51. The molecule has 21 heavy (non-hydrogen) atoms. The Bertz CT molecular complexity index is 443. The standard InChI is InChI=1S/C18H28N2O/c1-15(13-16-5-7-17(21)8-6-16)20-12-11-19-14-18(20)9-3-2-4-10-18/h5-8,15,19,21H,2-4,9-14H2,1H3. The number of rotatable bonds is 3. The molecule has 1 saturated carbocycles. The van der Waals surface area contributed by atoms with E-state index in [9.17, 15) is 5.11 Å². The molecule has 0 aromatic heterocycles. The van der Waals surface area contributed by atoms with Gasteiger partial charge in [0.2, 0.25) is 0 Å². The Morgan fingerprint density at radius 3 is 2.62 bits per heavy atom. The number of hydrogen-bond donors (Lipinski definition) is 2. The van der Waals surface area contributed by atoms with E-state index in [0.29, 0.717) is 17.3 Å². The molecule has 1 unspecified atom stereocenters. The lowest BCUT2D eigenvalue weighted by atomic mass is 9.78. The second-order valence-electron chi connectivity index (χ2n) is 6.87. The van der Waals surface area contributed by atoms with Gasteiger partial charge in [0.25, 0.3) is 0 Å². The smallest absolute Gasteiger partial charge is 0.115 e. The van der Waals surface area contributed by atoms with Crippen LogP contribution in [0.5, 0.6) is 5.75 Å². The van der Waals surface area contributed by atoms with Crippen molar-refractivity contribution >= 4 is 0 Å². The lowest BCUT2D eigenvalue weighted by Gasteiger charge is -2.52. The summed E-state index contributed by atoms with van der Waals surface area (Å²) in [5, 5.41) is 13.0. The number of piperazine rings is 1. The van der Waals surface area contributed by atoms with Gasteiger partial charge in [-0.15, -0.1) is 0 Å². The number of nitrogens with one attached hydrogen (secondary N) is 1. The average molecular weight is 288 g/mol. The second kappa shape index (κ2) is 6.37. The first kappa shape index (κ1) is 14.9. The number of phenolic OH excluding ortho intramolecular Hbond substituents is 1. The molecule has 3 rings (SSSR count). The highest BCUT2D eigenvalue weighted by Crippen LogP contribution is 2.36. The van der Waals surface area contributed by atoms with E-state index in [1.165, 1.54) is 44.2 Å². The Morgan fingerprint density at radius 2 is 1.90 bits per heavy atom. The van der Waals surface area contributed by atoms with Crippen molar-refractivity contribution in [3.8, 4) is 5.75 Å². The van der Waals surface area contributed by atoms with E-state index in [4.69, 9.17) is 0 Å². The van der Waals surface area contributed by atoms with E-state index in [1.807, 2.05) is 0 Å². The van der Waals surface area contributed by atoms with Crippen LogP contribution >= 0.6 is 0 Å². The van der Waals surface area contributed by atoms with Crippen LogP contribution in [0.25, 0.3) is 0 Å². The van der Waals surface area contributed by atoms with Crippen molar-refractivity contribution in [1.29, 1.82) is 0 Å². The molecule has 2 fully saturated rings. The van der Waals surface area contributed by atoms with E-state index in [0.717, 1.165) is 19.5 Å². The fraction of sp³-hybridized carbons (Fsp3) is 0.667. The number of nitrogens with zero attached hydrogens (tertiary/aromatic N) is 1. The number of benzene rings is 1. The number of hydrogen-bond acceptors (Lipinski definition) is 3. The van der Waals surface area contributed by atoms with Gasteiger partial charge in [0.15, 0.2) is 0 Å². The first-order valence-electron chi connectivity index (χ1n) is 8.45. The zero-order chi connectivity index (χ0) is 14.7. The quantitative estimate of drug-likeness (QED) is 0.897. The maximum Gasteiger partial charge on any atom is 0.115 e. The summed E-state index contributed by atoms with van der Waals surface area (Å²) < 4.78 is 0. The largest absolute Gasteiger partial charge is 0.508 e. The van der Waals surface area contributed by atoms with Crippen LogP contribution in [0, 0.1) is 0 Å². The van der Waals surface area contributed by atoms with Crippen molar-refractivity contribution in [2.24, 2.45) is 0 Å². The van der Waals surface area contributed by atoms with E-state index in [-0.39, 0.29) is 0 Å². The molecule has 1 aromatic rings. The zero-order valence-electron chi connectivity index (χ0n) is 13.1. The monoisotopic (exact) mass is 288 g/mol. The first-order chi connectivity index (χ1) is 10.2. The molecule has 1 spiro atoms. The highest BCUT2D eigenvalue weighted by Gasteiger charge is 2.41. The maximum atomic E-state index is 9.42.